The van der Waals surface area contributed by atoms with Crippen molar-refractivity contribution in [2.75, 3.05) is 17.8 Å². The van der Waals surface area contributed by atoms with Crippen molar-refractivity contribution in [1.29, 1.82) is 0 Å². The fourth-order valence-corrected chi connectivity index (χ4v) is 3.76. The van der Waals surface area contributed by atoms with Crippen LogP contribution in [0.5, 0.6) is 0 Å². The molecule has 0 saturated carbocycles. The molecule has 2 rings (SSSR count). The van der Waals surface area contributed by atoms with Gasteiger partial charge >= 0.3 is 0 Å². The molecule has 3 nitrogen and oxygen atoms in total. The Morgan fingerprint density at radius 2 is 2.06 bits per heavy atom. The molecule has 1 atom stereocenters. The maximum absolute atomic E-state index is 11.3. The molecule has 0 amide bonds. The first-order valence-electron chi connectivity index (χ1n) is 6.16. The van der Waals surface area contributed by atoms with E-state index < -0.39 is 9.84 Å². The lowest BCUT2D eigenvalue weighted by Crippen LogP contribution is -2.33. The van der Waals surface area contributed by atoms with E-state index in [2.05, 4.69) is 5.32 Å². The first-order valence-corrected chi connectivity index (χ1v) is 9.20. The van der Waals surface area contributed by atoms with Gasteiger partial charge in [0.05, 0.1) is 4.90 Å². The van der Waals surface area contributed by atoms with Crippen LogP contribution in [0.25, 0.3) is 0 Å². The van der Waals surface area contributed by atoms with Crippen molar-refractivity contribution in [3.05, 3.63) is 29.8 Å². The number of hydrogen-bond acceptors (Lipinski definition) is 4. The molecule has 0 aliphatic carbocycles. The summed E-state index contributed by atoms with van der Waals surface area (Å²) in [5.41, 5.74) is 1.14. The van der Waals surface area contributed by atoms with Gasteiger partial charge in [-0.1, -0.05) is 12.1 Å². The summed E-state index contributed by atoms with van der Waals surface area (Å²) in [6, 6.07) is 7.74. The van der Waals surface area contributed by atoms with Crippen LogP contribution in [-0.4, -0.2) is 32.2 Å². The summed E-state index contributed by atoms with van der Waals surface area (Å²) in [6.45, 7) is 0.815. The van der Waals surface area contributed by atoms with Crippen LogP contribution in [0.15, 0.2) is 29.2 Å². The second-order valence-electron chi connectivity index (χ2n) is 4.71. The van der Waals surface area contributed by atoms with Crippen LogP contribution in [-0.2, 0) is 16.4 Å². The number of benzene rings is 1. The molecule has 0 bridgehead atoms. The summed E-state index contributed by atoms with van der Waals surface area (Å²) in [7, 11) is -3.08. The minimum Gasteiger partial charge on any atom is -0.309 e. The molecule has 1 aromatic rings. The Kier molecular flexibility index (Phi) is 4.70. The highest BCUT2D eigenvalue weighted by Crippen LogP contribution is 2.17. The third kappa shape index (κ3) is 4.00. The molecule has 1 N–H and O–H groups in total. The van der Waals surface area contributed by atoms with E-state index in [0.717, 1.165) is 12.1 Å². The third-order valence-electron chi connectivity index (χ3n) is 3.11. The average molecular weight is 285 g/mol. The number of rotatable bonds is 4. The summed E-state index contributed by atoms with van der Waals surface area (Å²) in [4.78, 5) is 0.388. The van der Waals surface area contributed by atoms with Gasteiger partial charge in [-0.05, 0) is 36.3 Å². The van der Waals surface area contributed by atoms with E-state index in [4.69, 9.17) is 0 Å². The van der Waals surface area contributed by atoms with Crippen LogP contribution in [0.4, 0.5) is 0 Å². The van der Waals surface area contributed by atoms with E-state index in [-0.39, 0.29) is 0 Å². The van der Waals surface area contributed by atoms with Crippen molar-refractivity contribution in [3.8, 4) is 0 Å². The number of thioether (sulfide) groups is 1. The zero-order chi connectivity index (χ0) is 13.0. The van der Waals surface area contributed by atoms with E-state index in [1.165, 1.54) is 30.6 Å². The summed E-state index contributed by atoms with van der Waals surface area (Å²) in [5.74, 6) is 2.46. The predicted octanol–water partition coefficient (Wildman–Crippen LogP) is 2.08. The van der Waals surface area contributed by atoms with Gasteiger partial charge in [-0.15, -0.1) is 0 Å². The largest absolute Gasteiger partial charge is 0.309 e. The summed E-state index contributed by atoms with van der Waals surface area (Å²) >= 11 is 2.00. The van der Waals surface area contributed by atoms with Crippen molar-refractivity contribution >= 4 is 21.6 Å². The van der Waals surface area contributed by atoms with E-state index in [0.29, 0.717) is 10.9 Å². The van der Waals surface area contributed by atoms with Crippen molar-refractivity contribution in [3.63, 3.8) is 0 Å². The Morgan fingerprint density at radius 1 is 1.33 bits per heavy atom. The lowest BCUT2D eigenvalue weighted by atomic mass is 10.1. The van der Waals surface area contributed by atoms with Crippen molar-refractivity contribution in [1.82, 2.24) is 5.32 Å². The zero-order valence-electron chi connectivity index (χ0n) is 10.6. The Bertz CT molecular complexity index is 476. The topological polar surface area (TPSA) is 46.2 Å². The van der Waals surface area contributed by atoms with Crippen LogP contribution < -0.4 is 5.32 Å². The average Bonchev–Trinajstić information content (AvgIpc) is 2.37. The van der Waals surface area contributed by atoms with Crippen molar-refractivity contribution < 1.29 is 8.42 Å². The van der Waals surface area contributed by atoms with Gasteiger partial charge in [0.25, 0.3) is 0 Å². The fourth-order valence-electron chi connectivity index (χ4n) is 2.02. The Labute approximate surface area is 113 Å². The molecule has 1 aliphatic rings. The Morgan fingerprint density at radius 3 is 2.61 bits per heavy atom. The monoisotopic (exact) mass is 285 g/mol. The molecule has 18 heavy (non-hydrogen) atoms. The first-order chi connectivity index (χ1) is 8.55. The summed E-state index contributed by atoms with van der Waals surface area (Å²) < 4.78 is 22.7. The van der Waals surface area contributed by atoms with Gasteiger partial charge in [0.2, 0.25) is 0 Å². The molecule has 5 heteroatoms. The van der Waals surface area contributed by atoms with Gasteiger partial charge in [-0.3, -0.25) is 0 Å². The van der Waals surface area contributed by atoms with Gasteiger partial charge < -0.3 is 5.32 Å². The van der Waals surface area contributed by atoms with E-state index >= 15 is 0 Å². The quantitative estimate of drug-likeness (QED) is 0.920. The molecular weight excluding hydrogens is 266 g/mol. The van der Waals surface area contributed by atoms with Gasteiger partial charge in [-0.25, -0.2) is 8.42 Å². The second-order valence-corrected chi connectivity index (χ2v) is 7.88. The van der Waals surface area contributed by atoms with Crippen LogP contribution in [0, 0.1) is 0 Å². The number of hydrogen-bond donors (Lipinski definition) is 1. The SMILES string of the molecule is CS(=O)(=O)c1ccc(CNC2CCCSC2)cc1. The Balaban J connectivity index is 1.90. The summed E-state index contributed by atoms with van der Waals surface area (Å²) in [5, 5.41) is 3.53. The van der Waals surface area contributed by atoms with Crippen molar-refractivity contribution in [2.45, 2.75) is 30.3 Å². The lowest BCUT2D eigenvalue weighted by Gasteiger charge is -2.22. The van der Waals surface area contributed by atoms with Gasteiger partial charge in [-0.2, -0.15) is 11.8 Å². The standard InChI is InChI=1S/C13H19NO2S2/c1-18(15,16)13-6-4-11(5-7-13)9-14-12-3-2-8-17-10-12/h4-7,12,14H,2-3,8-10H2,1H3. The molecule has 1 aliphatic heterocycles. The highest BCUT2D eigenvalue weighted by Gasteiger charge is 2.13. The molecule has 1 fully saturated rings. The normalized spacial score (nSPS) is 20.8. The molecule has 0 spiro atoms. The lowest BCUT2D eigenvalue weighted by molar-refractivity contribution is 0.507. The first kappa shape index (κ1) is 13.9. The molecule has 1 unspecified atom stereocenters. The maximum atomic E-state index is 11.3. The smallest absolute Gasteiger partial charge is 0.175 e. The van der Waals surface area contributed by atoms with E-state index in [1.54, 1.807) is 12.1 Å². The highest BCUT2D eigenvalue weighted by molar-refractivity contribution is 7.99. The minimum absolute atomic E-state index is 0.388. The Hall–Kier alpha value is -0.520. The van der Waals surface area contributed by atoms with Gasteiger partial charge in [0, 0.05) is 24.6 Å². The van der Waals surface area contributed by atoms with Crippen molar-refractivity contribution in [2.24, 2.45) is 0 Å². The molecular formula is C13H19NO2S2. The third-order valence-corrected chi connectivity index (χ3v) is 5.45. The molecule has 1 aromatic carbocycles. The number of nitrogens with one attached hydrogen (secondary N) is 1. The van der Waals surface area contributed by atoms with E-state index in [9.17, 15) is 8.42 Å². The highest BCUT2D eigenvalue weighted by atomic mass is 32.2. The summed E-state index contributed by atoms with van der Waals surface area (Å²) in [6.07, 6.45) is 3.77. The van der Waals surface area contributed by atoms with Gasteiger partial charge in [0.15, 0.2) is 9.84 Å². The van der Waals surface area contributed by atoms with E-state index in [1.807, 2.05) is 23.9 Å². The predicted molar refractivity (Wildman–Crippen MR) is 76.7 cm³/mol. The molecule has 1 saturated heterocycles. The zero-order valence-corrected chi connectivity index (χ0v) is 12.2. The minimum atomic E-state index is -3.08. The maximum Gasteiger partial charge on any atom is 0.175 e. The van der Waals surface area contributed by atoms with Crippen LogP contribution in [0.3, 0.4) is 0 Å². The van der Waals surface area contributed by atoms with Gasteiger partial charge in [0.1, 0.15) is 0 Å². The second kappa shape index (κ2) is 6.08. The van der Waals surface area contributed by atoms with Crippen LogP contribution >= 0.6 is 11.8 Å². The molecule has 0 radical (unpaired) electrons. The molecule has 1 heterocycles. The molecule has 0 aromatic heterocycles. The van der Waals surface area contributed by atoms with Crippen LogP contribution in [0.2, 0.25) is 0 Å². The van der Waals surface area contributed by atoms with Crippen LogP contribution in [0.1, 0.15) is 18.4 Å². The number of sulfone groups is 1. The molecule has 100 valence electrons. The fraction of sp³-hybridized carbons (Fsp3) is 0.538.